The van der Waals surface area contributed by atoms with Crippen LogP contribution in [0.1, 0.15) is 35.2 Å². The standard InChI is InChI=1S/C22H28N2OS/c25-22(21-10-15-26-17-21)24-13-8-19(9-14-24)20-7-12-23(16-20)11-6-18-4-2-1-3-5-18/h1-5,10,15,17,19-20H,6-9,11-14,16H2. The zero-order valence-electron chi connectivity index (χ0n) is 15.3. The van der Waals surface area contributed by atoms with Gasteiger partial charge in [0, 0.05) is 31.6 Å². The molecule has 1 aromatic heterocycles. The van der Waals surface area contributed by atoms with Crippen LogP contribution in [-0.4, -0.2) is 48.4 Å². The Morgan fingerprint density at radius 2 is 1.77 bits per heavy atom. The van der Waals surface area contributed by atoms with E-state index in [1.54, 1.807) is 11.3 Å². The molecule has 2 aliphatic heterocycles. The van der Waals surface area contributed by atoms with Crippen LogP contribution >= 0.6 is 11.3 Å². The normalized spacial score (nSPS) is 22.0. The van der Waals surface area contributed by atoms with E-state index in [0.717, 1.165) is 36.9 Å². The number of amides is 1. The summed E-state index contributed by atoms with van der Waals surface area (Å²) in [6.07, 6.45) is 4.83. The highest BCUT2D eigenvalue weighted by molar-refractivity contribution is 7.08. The maximum absolute atomic E-state index is 12.5. The molecule has 2 aliphatic rings. The highest BCUT2D eigenvalue weighted by atomic mass is 32.1. The summed E-state index contributed by atoms with van der Waals surface area (Å²) < 4.78 is 0. The van der Waals surface area contributed by atoms with Crippen LogP contribution in [0.15, 0.2) is 47.2 Å². The Bertz CT molecular complexity index is 692. The van der Waals surface area contributed by atoms with Gasteiger partial charge in [0.15, 0.2) is 0 Å². The first kappa shape index (κ1) is 17.7. The van der Waals surface area contributed by atoms with E-state index in [1.165, 1.54) is 44.5 Å². The summed E-state index contributed by atoms with van der Waals surface area (Å²) in [6, 6.07) is 12.8. The van der Waals surface area contributed by atoms with E-state index in [4.69, 9.17) is 0 Å². The molecule has 0 N–H and O–H groups in total. The van der Waals surface area contributed by atoms with Gasteiger partial charge in [-0.15, -0.1) is 0 Å². The molecule has 2 saturated heterocycles. The van der Waals surface area contributed by atoms with Gasteiger partial charge in [-0.1, -0.05) is 30.3 Å². The number of likely N-dealkylation sites (tertiary alicyclic amines) is 2. The predicted molar refractivity (Wildman–Crippen MR) is 108 cm³/mol. The second-order valence-electron chi connectivity index (χ2n) is 7.73. The molecular formula is C22H28N2OS. The second kappa shape index (κ2) is 8.36. The summed E-state index contributed by atoms with van der Waals surface area (Å²) >= 11 is 1.60. The molecule has 3 nitrogen and oxygen atoms in total. The van der Waals surface area contributed by atoms with Crippen molar-refractivity contribution in [3.63, 3.8) is 0 Å². The summed E-state index contributed by atoms with van der Waals surface area (Å²) in [5.74, 6) is 1.84. The zero-order valence-corrected chi connectivity index (χ0v) is 16.2. The molecule has 3 heterocycles. The molecule has 0 aliphatic carbocycles. The quantitative estimate of drug-likeness (QED) is 0.791. The van der Waals surface area contributed by atoms with Crippen LogP contribution < -0.4 is 0 Å². The molecule has 1 aromatic carbocycles. The van der Waals surface area contributed by atoms with Gasteiger partial charge in [-0.05, 0) is 61.1 Å². The molecule has 0 spiro atoms. The van der Waals surface area contributed by atoms with Crippen molar-refractivity contribution in [2.45, 2.75) is 25.7 Å². The Kier molecular flexibility index (Phi) is 5.71. The third-order valence-corrected chi connectivity index (χ3v) is 6.81. The van der Waals surface area contributed by atoms with Crippen LogP contribution in [0, 0.1) is 11.8 Å². The number of benzene rings is 1. The summed E-state index contributed by atoms with van der Waals surface area (Å²) in [5.41, 5.74) is 2.30. The molecule has 0 radical (unpaired) electrons. The molecule has 26 heavy (non-hydrogen) atoms. The first-order valence-corrected chi connectivity index (χ1v) is 10.8. The van der Waals surface area contributed by atoms with Crippen molar-refractivity contribution in [1.29, 1.82) is 0 Å². The molecule has 1 unspecified atom stereocenters. The number of rotatable bonds is 5. The number of hydrogen-bond acceptors (Lipinski definition) is 3. The molecule has 4 rings (SSSR count). The van der Waals surface area contributed by atoms with Crippen LogP contribution in [0.5, 0.6) is 0 Å². The minimum Gasteiger partial charge on any atom is -0.339 e. The van der Waals surface area contributed by atoms with Gasteiger partial charge in [-0.25, -0.2) is 0 Å². The lowest BCUT2D eigenvalue weighted by Crippen LogP contribution is -2.40. The smallest absolute Gasteiger partial charge is 0.254 e. The number of nitrogens with zero attached hydrogens (tertiary/aromatic N) is 2. The van der Waals surface area contributed by atoms with Crippen LogP contribution in [0.25, 0.3) is 0 Å². The lowest BCUT2D eigenvalue weighted by Gasteiger charge is -2.34. The minimum absolute atomic E-state index is 0.223. The Morgan fingerprint density at radius 3 is 2.50 bits per heavy atom. The largest absolute Gasteiger partial charge is 0.339 e. The monoisotopic (exact) mass is 368 g/mol. The Labute approximate surface area is 160 Å². The third-order valence-electron chi connectivity index (χ3n) is 6.13. The maximum Gasteiger partial charge on any atom is 0.254 e. The van der Waals surface area contributed by atoms with Crippen LogP contribution in [0.3, 0.4) is 0 Å². The fraction of sp³-hybridized carbons (Fsp3) is 0.500. The number of hydrogen-bond donors (Lipinski definition) is 0. The van der Waals surface area contributed by atoms with E-state index in [9.17, 15) is 4.79 Å². The summed E-state index contributed by atoms with van der Waals surface area (Å²) in [5, 5.41) is 3.96. The number of piperidine rings is 1. The average molecular weight is 369 g/mol. The molecule has 2 fully saturated rings. The highest BCUT2D eigenvalue weighted by Gasteiger charge is 2.32. The molecule has 0 saturated carbocycles. The van der Waals surface area contributed by atoms with E-state index in [2.05, 4.69) is 40.1 Å². The van der Waals surface area contributed by atoms with Crippen molar-refractivity contribution in [3.8, 4) is 0 Å². The van der Waals surface area contributed by atoms with Gasteiger partial charge in [0.05, 0.1) is 5.56 Å². The Morgan fingerprint density at radius 1 is 1.00 bits per heavy atom. The van der Waals surface area contributed by atoms with E-state index in [-0.39, 0.29) is 5.91 Å². The lowest BCUT2D eigenvalue weighted by atomic mass is 9.83. The molecular weight excluding hydrogens is 340 g/mol. The van der Waals surface area contributed by atoms with Crippen molar-refractivity contribution in [1.82, 2.24) is 9.80 Å². The SMILES string of the molecule is O=C(c1ccsc1)N1CCC(C2CCN(CCc3ccccc3)C2)CC1. The van der Waals surface area contributed by atoms with E-state index >= 15 is 0 Å². The maximum atomic E-state index is 12.5. The molecule has 0 bridgehead atoms. The summed E-state index contributed by atoms with van der Waals surface area (Å²) in [7, 11) is 0. The minimum atomic E-state index is 0.223. The molecule has 1 amide bonds. The second-order valence-corrected chi connectivity index (χ2v) is 8.51. The van der Waals surface area contributed by atoms with Crippen LogP contribution in [0.4, 0.5) is 0 Å². The van der Waals surface area contributed by atoms with E-state index in [0.29, 0.717) is 0 Å². The van der Waals surface area contributed by atoms with Gasteiger partial charge in [-0.3, -0.25) is 4.79 Å². The average Bonchev–Trinajstić information content (AvgIpc) is 3.39. The van der Waals surface area contributed by atoms with Gasteiger partial charge >= 0.3 is 0 Å². The number of carbonyl (C=O) groups excluding carboxylic acids is 1. The lowest BCUT2D eigenvalue weighted by molar-refractivity contribution is 0.0660. The van der Waals surface area contributed by atoms with Crippen molar-refractivity contribution in [2.24, 2.45) is 11.8 Å². The summed E-state index contributed by atoms with van der Waals surface area (Å²) in [6.45, 7) is 5.53. The molecule has 2 aromatic rings. The fourth-order valence-corrected chi connectivity index (χ4v) is 5.15. The van der Waals surface area contributed by atoms with E-state index < -0.39 is 0 Å². The highest BCUT2D eigenvalue weighted by Crippen LogP contribution is 2.32. The first-order valence-electron chi connectivity index (χ1n) is 9.87. The van der Waals surface area contributed by atoms with Crippen molar-refractivity contribution in [2.75, 3.05) is 32.7 Å². The van der Waals surface area contributed by atoms with Gasteiger partial charge in [0.2, 0.25) is 0 Å². The zero-order chi connectivity index (χ0) is 17.8. The number of carbonyl (C=O) groups is 1. The van der Waals surface area contributed by atoms with Gasteiger partial charge in [-0.2, -0.15) is 11.3 Å². The fourth-order valence-electron chi connectivity index (χ4n) is 4.53. The van der Waals surface area contributed by atoms with Crippen molar-refractivity contribution >= 4 is 17.2 Å². The van der Waals surface area contributed by atoms with Gasteiger partial charge < -0.3 is 9.80 Å². The number of thiophene rings is 1. The molecule has 4 heteroatoms. The van der Waals surface area contributed by atoms with Crippen molar-refractivity contribution in [3.05, 3.63) is 58.3 Å². The Balaban J connectivity index is 1.22. The van der Waals surface area contributed by atoms with Crippen LogP contribution in [0.2, 0.25) is 0 Å². The van der Waals surface area contributed by atoms with Gasteiger partial charge in [0.25, 0.3) is 5.91 Å². The summed E-state index contributed by atoms with van der Waals surface area (Å²) in [4.78, 5) is 17.2. The van der Waals surface area contributed by atoms with Crippen LogP contribution in [-0.2, 0) is 6.42 Å². The topological polar surface area (TPSA) is 23.6 Å². The Hall–Kier alpha value is -1.65. The van der Waals surface area contributed by atoms with E-state index in [1.807, 2.05) is 16.8 Å². The predicted octanol–water partition coefficient (Wildman–Crippen LogP) is 4.16. The third kappa shape index (κ3) is 4.18. The van der Waals surface area contributed by atoms with Crippen molar-refractivity contribution < 1.29 is 4.79 Å². The molecule has 138 valence electrons. The first-order chi connectivity index (χ1) is 12.8. The molecule has 1 atom stereocenters. The van der Waals surface area contributed by atoms with Gasteiger partial charge in [0.1, 0.15) is 0 Å².